The molecule has 0 aliphatic heterocycles. The van der Waals surface area contributed by atoms with Crippen LogP contribution in [-0.4, -0.2) is 12.7 Å². The molecular formula is C8H7Cl2F3N2. The fourth-order valence-electron chi connectivity index (χ4n) is 0.911. The number of halogens is 5. The molecule has 0 fully saturated rings. The lowest BCUT2D eigenvalue weighted by Crippen LogP contribution is -2.21. The Bertz CT molecular complexity index is 366. The van der Waals surface area contributed by atoms with E-state index in [-0.39, 0.29) is 21.4 Å². The van der Waals surface area contributed by atoms with E-state index in [0.717, 1.165) is 0 Å². The van der Waals surface area contributed by atoms with Crippen LogP contribution >= 0.6 is 23.2 Å². The van der Waals surface area contributed by atoms with Crippen LogP contribution in [-0.2, 0) is 0 Å². The maximum atomic E-state index is 11.9. The van der Waals surface area contributed by atoms with Gasteiger partial charge in [0.2, 0.25) is 0 Å². The van der Waals surface area contributed by atoms with E-state index in [9.17, 15) is 13.2 Å². The zero-order valence-electron chi connectivity index (χ0n) is 7.33. The van der Waals surface area contributed by atoms with E-state index in [1.165, 1.54) is 12.1 Å². The summed E-state index contributed by atoms with van der Waals surface area (Å²) in [6.45, 7) is -1.17. The molecule has 2 nitrogen and oxygen atoms in total. The number of nitrogens with one attached hydrogen (secondary N) is 1. The number of nitrogen functional groups attached to an aromatic ring is 1. The SMILES string of the molecule is Nc1cc(Cl)c(Cl)cc1NCC(F)(F)F. The molecule has 7 heteroatoms. The Labute approximate surface area is 94.2 Å². The normalized spacial score (nSPS) is 11.5. The van der Waals surface area contributed by atoms with Crippen molar-refractivity contribution in [1.82, 2.24) is 0 Å². The van der Waals surface area contributed by atoms with Crippen molar-refractivity contribution in [1.29, 1.82) is 0 Å². The van der Waals surface area contributed by atoms with E-state index < -0.39 is 12.7 Å². The molecule has 0 spiro atoms. The van der Waals surface area contributed by atoms with Crippen molar-refractivity contribution in [2.75, 3.05) is 17.6 Å². The molecule has 0 saturated heterocycles. The van der Waals surface area contributed by atoms with Gasteiger partial charge in [0, 0.05) is 0 Å². The first-order valence-electron chi connectivity index (χ1n) is 3.85. The van der Waals surface area contributed by atoms with Crippen LogP contribution in [0.15, 0.2) is 12.1 Å². The first-order chi connectivity index (χ1) is 6.79. The average Bonchev–Trinajstić information content (AvgIpc) is 2.07. The summed E-state index contributed by atoms with van der Waals surface area (Å²) in [7, 11) is 0. The molecule has 15 heavy (non-hydrogen) atoms. The first kappa shape index (κ1) is 12.3. The van der Waals surface area contributed by atoms with Gasteiger partial charge in [0.05, 0.1) is 21.4 Å². The van der Waals surface area contributed by atoms with Gasteiger partial charge in [0.15, 0.2) is 0 Å². The summed E-state index contributed by atoms with van der Waals surface area (Å²) in [6.07, 6.45) is -4.31. The molecule has 3 N–H and O–H groups in total. The van der Waals surface area contributed by atoms with Gasteiger partial charge in [-0.3, -0.25) is 0 Å². The van der Waals surface area contributed by atoms with E-state index in [2.05, 4.69) is 5.32 Å². The molecule has 0 aliphatic carbocycles. The summed E-state index contributed by atoms with van der Waals surface area (Å²) >= 11 is 11.2. The van der Waals surface area contributed by atoms with Gasteiger partial charge in [-0.15, -0.1) is 0 Å². The van der Waals surface area contributed by atoms with Crippen LogP contribution in [0.2, 0.25) is 10.0 Å². The number of hydrogen-bond acceptors (Lipinski definition) is 2. The molecule has 1 rings (SSSR count). The number of hydrogen-bond donors (Lipinski definition) is 2. The van der Waals surface area contributed by atoms with Gasteiger partial charge < -0.3 is 11.1 Å². The predicted molar refractivity (Wildman–Crippen MR) is 55.4 cm³/mol. The Hall–Kier alpha value is -0.810. The summed E-state index contributed by atoms with van der Waals surface area (Å²) in [5.41, 5.74) is 5.68. The van der Waals surface area contributed by atoms with Crippen molar-refractivity contribution in [3.05, 3.63) is 22.2 Å². The van der Waals surface area contributed by atoms with Crippen molar-refractivity contribution in [2.45, 2.75) is 6.18 Å². The molecule has 0 amide bonds. The van der Waals surface area contributed by atoms with Crippen LogP contribution < -0.4 is 11.1 Å². The van der Waals surface area contributed by atoms with Gasteiger partial charge >= 0.3 is 6.18 Å². The van der Waals surface area contributed by atoms with Crippen molar-refractivity contribution >= 4 is 34.6 Å². The molecule has 1 aromatic carbocycles. The fraction of sp³-hybridized carbons (Fsp3) is 0.250. The second-order valence-corrected chi connectivity index (χ2v) is 3.64. The van der Waals surface area contributed by atoms with Crippen molar-refractivity contribution in [3.63, 3.8) is 0 Å². The highest BCUT2D eigenvalue weighted by Crippen LogP contribution is 2.31. The van der Waals surface area contributed by atoms with Gasteiger partial charge in [0.1, 0.15) is 6.54 Å². The molecular weight excluding hydrogens is 252 g/mol. The average molecular weight is 259 g/mol. The van der Waals surface area contributed by atoms with Crippen molar-refractivity contribution in [3.8, 4) is 0 Å². The highest BCUT2D eigenvalue weighted by Gasteiger charge is 2.26. The van der Waals surface area contributed by atoms with E-state index in [1.54, 1.807) is 0 Å². The van der Waals surface area contributed by atoms with E-state index in [1.807, 2.05) is 0 Å². The largest absolute Gasteiger partial charge is 0.405 e. The minimum Gasteiger partial charge on any atom is -0.397 e. The van der Waals surface area contributed by atoms with Crippen molar-refractivity contribution < 1.29 is 13.2 Å². The number of nitrogens with two attached hydrogens (primary N) is 1. The lowest BCUT2D eigenvalue weighted by molar-refractivity contribution is -0.115. The van der Waals surface area contributed by atoms with Crippen LogP contribution in [0, 0.1) is 0 Å². The zero-order chi connectivity index (χ0) is 11.6. The maximum Gasteiger partial charge on any atom is 0.405 e. The third-order valence-electron chi connectivity index (χ3n) is 1.57. The Morgan fingerprint density at radius 2 is 1.73 bits per heavy atom. The number of anilines is 2. The Kier molecular flexibility index (Phi) is 3.57. The summed E-state index contributed by atoms with van der Waals surface area (Å²) in [6, 6.07) is 2.55. The van der Waals surface area contributed by atoms with E-state index in [4.69, 9.17) is 28.9 Å². The molecule has 0 aliphatic rings. The van der Waals surface area contributed by atoms with Crippen LogP contribution in [0.4, 0.5) is 24.5 Å². The van der Waals surface area contributed by atoms with E-state index >= 15 is 0 Å². The first-order valence-corrected chi connectivity index (χ1v) is 4.60. The molecule has 0 radical (unpaired) electrons. The topological polar surface area (TPSA) is 38.0 Å². The minimum atomic E-state index is -4.31. The van der Waals surface area contributed by atoms with E-state index in [0.29, 0.717) is 0 Å². The lowest BCUT2D eigenvalue weighted by Gasteiger charge is -2.12. The summed E-state index contributed by atoms with van der Waals surface area (Å²) in [4.78, 5) is 0. The Balaban J connectivity index is 2.82. The van der Waals surface area contributed by atoms with Crippen molar-refractivity contribution in [2.24, 2.45) is 0 Å². The molecule has 84 valence electrons. The second-order valence-electron chi connectivity index (χ2n) is 2.82. The third-order valence-corrected chi connectivity index (χ3v) is 2.29. The number of benzene rings is 1. The molecule has 0 aromatic heterocycles. The molecule has 0 unspecified atom stereocenters. The highest BCUT2D eigenvalue weighted by atomic mass is 35.5. The monoisotopic (exact) mass is 258 g/mol. The van der Waals surface area contributed by atoms with Gasteiger partial charge in [-0.2, -0.15) is 13.2 Å². The molecule has 0 atom stereocenters. The summed E-state index contributed by atoms with van der Waals surface area (Å²) in [5, 5.41) is 2.48. The number of alkyl halides is 3. The molecule has 0 heterocycles. The van der Waals surface area contributed by atoms with Crippen LogP contribution in [0.5, 0.6) is 0 Å². The quantitative estimate of drug-likeness (QED) is 0.797. The van der Waals surface area contributed by atoms with Gasteiger partial charge in [0.25, 0.3) is 0 Å². The van der Waals surface area contributed by atoms with Crippen LogP contribution in [0.3, 0.4) is 0 Å². The zero-order valence-corrected chi connectivity index (χ0v) is 8.84. The lowest BCUT2D eigenvalue weighted by atomic mass is 10.2. The van der Waals surface area contributed by atoms with Gasteiger partial charge in [-0.25, -0.2) is 0 Å². The Morgan fingerprint density at radius 1 is 1.20 bits per heavy atom. The Morgan fingerprint density at radius 3 is 2.27 bits per heavy atom. The second kappa shape index (κ2) is 4.37. The molecule has 0 bridgehead atoms. The predicted octanol–water partition coefficient (Wildman–Crippen LogP) is 3.55. The van der Waals surface area contributed by atoms with Gasteiger partial charge in [-0.05, 0) is 12.1 Å². The molecule has 0 saturated carbocycles. The van der Waals surface area contributed by atoms with Crippen LogP contribution in [0.1, 0.15) is 0 Å². The highest BCUT2D eigenvalue weighted by molar-refractivity contribution is 6.42. The maximum absolute atomic E-state index is 11.9. The summed E-state index contributed by atoms with van der Waals surface area (Å²) in [5.74, 6) is 0. The smallest absolute Gasteiger partial charge is 0.397 e. The fourth-order valence-corrected chi connectivity index (χ4v) is 1.25. The standard InChI is InChI=1S/C8H7Cl2F3N2/c9-4-1-6(14)7(2-5(4)10)15-3-8(11,12)13/h1-2,15H,3,14H2. The third kappa shape index (κ3) is 3.68. The van der Waals surface area contributed by atoms with Crippen LogP contribution in [0.25, 0.3) is 0 Å². The van der Waals surface area contributed by atoms with Gasteiger partial charge in [-0.1, -0.05) is 23.2 Å². The minimum absolute atomic E-state index is 0.113. The summed E-state index contributed by atoms with van der Waals surface area (Å²) < 4.78 is 35.7. The number of rotatable bonds is 2. The molecule has 1 aromatic rings.